The van der Waals surface area contributed by atoms with Crippen LogP contribution in [0.3, 0.4) is 0 Å². The van der Waals surface area contributed by atoms with Gasteiger partial charge in [-0.2, -0.15) is 0 Å². The summed E-state index contributed by atoms with van der Waals surface area (Å²) in [4.78, 5) is 23.9. The normalized spacial score (nSPS) is 11.3. The molecule has 3 rings (SSSR count). The molecule has 0 fully saturated rings. The van der Waals surface area contributed by atoms with Crippen LogP contribution in [-0.2, 0) is 11.2 Å². The minimum Gasteiger partial charge on any atom is -0.494 e. The summed E-state index contributed by atoms with van der Waals surface area (Å²) in [6, 6.07) is 21.8. The second-order valence-electron chi connectivity index (χ2n) is 7.92. The molecule has 35 heavy (non-hydrogen) atoms. The second kappa shape index (κ2) is 12.8. The lowest BCUT2D eigenvalue weighted by molar-refractivity contribution is -0.139. The number of rotatable bonds is 13. The monoisotopic (exact) mass is 475 g/mol. The van der Waals surface area contributed by atoms with E-state index in [1.54, 1.807) is 78.9 Å². The molecule has 0 aliphatic rings. The highest BCUT2D eigenvalue weighted by Crippen LogP contribution is 2.15. The first kappa shape index (κ1) is 25.3. The maximum atomic E-state index is 12.3. The van der Waals surface area contributed by atoms with E-state index in [0.717, 1.165) is 24.2 Å². The molecule has 0 radical (unpaired) electrons. The van der Waals surface area contributed by atoms with Crippen LogP contribution in [0.15, 0.2) is 78.9 Å². The number of amidine groups is 1. The molecule has 3 aromatic rings. The van der Waals surface area contributed by atoms with Crippen LogP contribution >= 0.6 is 0 Å². The van der Waals surface area contributed by atoms with E-state index >= 15 is 0 Å². The van der Waals surface area contributed by atoms with Crippen molar-refractivity contribution in [1.82, 2.24) is 5.32 Å². The largest absolute Gasteiger partial charge is 0.494 e. The first-order chi connectivity index (χ1) is 16.9. The third kappa shape index (κ3) is 8.19. The highest BCUT2D eigenvalue weighted by Gasteiger charge is 2.21. The molecular formula is C27H29N3O5. The van der Waals surface area contributed by atoms with Crippen LogP contribution < -0.4 is 20.5 Å². The van der Waals surface area contributed by atoms with Crippen LogP contribution in [0.4, 0.5) is 0 Å². The number of ether oxygens (including phenoxy) is 2. The predicted octanol–water partition coefficient (Wildman–Crippen LogP) is 3.63. The lowest BCUT2D eigenvalue weighted by Crippen LogP contribution is -2.42. The van der Waals surface area contributed by atoms with Gasteiger partial charge in [-0.05, 0) is 66.9 Å². The van der Waals surface area contributed by atoms with Crippen molar-refractivity contribution < 1.29 is 24.2 Å². The molecule has 0 saturated carbocycles. The average molecular weight is 476 g/mol. The maximum Gasteiger partial charge on any atom is 0.326 e. The molecule has 182 valence electrons. The third-order valence-corrected chi connectivity index (χ3v) is 5.24. The summed E-state index contributed by atoms with van der Waals surface area (Å²) in [6.45, 7) is 1.07. The number of carbonyl (C=O) groups is 2. The summed E-state index contributed by atoms with van der Waals surface area (Å²) in [7, 11) is 0. The standard InChI is InChI=1S/C27H29N3O5/c28-25(29)20-10-14-23(15-11-20)35-17-5-4-16-34-22-12-8-19(9-13-22)18-24(27(32)33)30-26(31)21-6-2-1-3-7-21/h1-3,6-15,24H,4-5,16-18H2,(H3,28,29)(H,30,31)(H,32,33). The molecule has 0 spiro atoms. The number of carboxylic acid groups (broad SMARTS) is 1. The van der Waals surface area contributed by atoms with Crippen LogP contribution in [0, 0.1) is 5.41 Å². The topological polar surface area (TPSA) is 135 Å². The molecule has 1 atom stereocenters. The number of carbonyl (C=O) groups excluding carboxylic acids is 1. The number of nitrogens with two attached hydrogens (primary N) is 1. The highest BCUT2D eigenvalue weighted by molar-refractivity contribution is 5.96. The van der Waals surface area contributed by atoms with E-state index in [0.29, 0.717) is 30.1 Å². The fourth-order valence-electron chi connectivity index (χ4n) is 3.30. The Morgan fingerprint density at radius 1 is 0.829 bits per heavy atom. The molecule has 1 unspecified atom stereocenters. The number of carboxylic acids is 1. The zero-order chi connectivity index (χ0) is 25.0. The van der Waals surface area contributed by atoms with Gasteiger partial charge in [-0.15, -0.1) is 0 Å². The van der Waals surface area contributed by atoms with E-state index in [2.05, 4.69) is 5.32 Å². The van der Waals surface area contributed by atoms with E-state index in [4.69, 9.17) is 20.6 Å². The average Bonchev–Trinajstić information content (AvgIpc) is 2.87. The van der Waals surface area contributed by atoms with Gasteiger partial charge in [0.25, 0.3) is 5.91 Å². The quantitative estimate of drug-likeness (QED) is 0.169. The number of amides is 1. The molecule has 0 saturated heterocycles. The van der Waals surface area contributed by atoms with Gasteiger partial charge >= 0.3 is 5.97 Å². The first-order valence-corrected chi connectivity index (χ1v) is 11.3. The fraction of sp³-hybridized carbons (Fsp3) is 0.222. The van der Waals surface area contributed by atoms with Gasteiger partial charge in [0.15, 0.2) is 0 Å². The fourth-order valence-corrected chi connectivity index (χ4v) is 3.30. The molecular weight excluding hydrogens is 446 g/mol. The van der Waals surface area contributed by atoms with Crippen LogP contribution in [0.25, 0.3) is 0 Å². The van der Waals surface area contributed by atoms with Gasteiger partial charge < -0.3 is 25.6 Å². The Bertz CT molecular complexity index is 1120. The van der Waals surface area contributed by atoms with Crippen molar-refractivity contribution in [2.24, 2.45) is 5.73 Å². The Balaban J connectivity index is 1.38. The zero-order valence-electron chi connectivity index (χ0n) is 19.3. The lowest BCUT2D eigenvalue weighted by Gasteiger charge is -2.15. The van der Waals surface area contributed by atoms with Crippen molar-refractivity contribution in [3.63, 3.8) is 0 Å². The Hall–Kier alpha value is -4.33. The zero-order valence-corrected chi connectivity index (χ0v) is 19.3. The minimum absolute atomic E-state index is 0.0262. The smallest absolute Gasteiger partial charge is 0.326 e. The summed E-state index contributed by atoms with van der Waals surface area (Å²) in [5.74, 6) is -0.0688. The number of nitrogens with one attached hydrogen (secondary N) is 2. The van der Waals surface area contributed by atoms with Crippen LogP contribution in [0.5, 0.6) is 11.5 Å². The number of nitrogen functional groups attached to an aromatic ring is 1. The summed E-state index contributed by atoms with van der Waals surface area (Å²) in [5.41, 5.74) is 7.29. The highest BCUT2D eigenvalue weighted by atomic mass is 16.5. The third-order valence-electron chi connectivity index (χ3n) is 5.24. The van der Waals surface area contributed by atoms with Crippen molar-refractivity contribution in [1.29, 1.82) is 5.41 Å². The molecule has 0 aromatic heterocycles. The Labute approximate surface area is 204 Å². The van der Waals surface area contributed by atoms with Gasteiger partial charge in [0.1, 0.15) is 23.4 Å². The Morgan fingerprint density at radius 2 is 1.37 bits per heavy atom. The van der Waals surface area contributed by atoms with Gasteiger partial charge in [0.05, 0.1) is 13.2 Å². The number of benzene rings is 3. The van der Waals surface area contributed by atoms with Crippen molar-refractivity contribution >= 4 is 17.7 Å². The Morgan fingerprint density at radius 3 is 1.89 bits per heavy atom. The molecule has 8 heteroatoms. The van der Waals surface area contributed by atoms with Crippen molar-refractivity contribution in [3.05, 3.63) is 95.6 Å². The van der Waals surface area contributed by atoms with Crippen molar-refractivity contribution in [2.75, 3.05) is 13.2 Å². The Kier molecular flexibility index (Phi) is 9.24. The molecule has 1 amide bonds. The summed E-state index contributed by atoms with van der Waals surface area (Å²) >= 11 is 0. The van der Waals surface area contributed by atoms with Gasteiger partial charge in [-0.1, -0.05) is 30.3 Å². The van der Waals surface area contributed by atoms with E-state index in [1.165, 1.54) is 0 Å². The van der Waals surface area contributed by atoms with Gasteiger partial charge in [0.2, 0.25) is 0 Å². The summed E-state index contributed by atoms with van der Waals surface area (Å²) < 4.78 is 11.4. The molecule has 0 bridgehead atoms. The maximum absolute atomic E-state index is 12.3. The first-order valence-electron chi connectivity index (χ1n) is 11.3. The second-order valence-corrected chi connectivity index (χ2v) is 7.92. The predicted molar refractivity (Wildman–Crippen MR) is 133 cm³/mol. The molecule has 0 aliphatic heterocycles. The van der Waals surface area contributed by atoms with E-state index < -0.39 is 17.9 Å². The molecule has 8 nitrogen and oxygen atoms in total. The van der Waals surface area contributed by atoms with E-state index in [9.17, 15) is 14.7 Å². The number of unbranched alkanes of at least 4 members (excludes halogenated alkanes) is 1. The number of hydrogen-bond donors (Lipinski definition) is 4. The van der Waals surface area contributed by atoms with E-state index in [-0.39, 0.29) is 12.3 Å². The van der Waals surface area contributed by atoms with Crippen LogP contribution in [0.1, 0.15) is 34.3 Å². The van der Waals surface area contributed by atoms with Crippen LogP contribution in [0.2, 0.25) is 0 Å². The van der Waals surface area contributed by atoms with E-state index in [1.807, 2.05) is 0 Å². The summed E-state index contributed by atoms with van der Waals surface area (Å²) in [6.07, 6.45) is 1.78. The molecule has 0 heterocycles. The van der Waals surface area contributed by atoms with Crippen molar-refractivity contribution in [3.8, 4) is 11.5 Å². The SMILES string of the molecule is N=C(N)c1ccc(OCCCCOc2ccc(CC(NC(=O)c3ccccc3)C(=O)O)cc2)cc1. The summed E-state index contributed by atoms with van der Waals surface area (Å²) in [5, 5.41) is 19.5. The van der Waals surface area contributed by atoms with Crippen LogP contribution in [-0.4, -0.2) is 42.1 Å². The van der Waals surface area contributed by atoms with Crippen molar-refractivity contribution in [2.45, 2.75) is 25.3 Å². The van der Waals surface area contributed by atoms with Gasteiger partial charge in [-0.3, -0.25) is 10.2 Å². The van der Waals surface area contributed by atoms with Gasteiger partial charge in [-0.25, -0.2) is 4.79 Å². The molecule has 5 N–H and O–H groups in total. The lowest BCUT2D eigenvalue weighted by atomic mass is 10.1. The number of hydrogen-bond acceptors (Lipinski definition) is 5. The molecule has 3 aromatic carbocycles. The minimum atomic E-state index is -1.09. The van der Waals surface area contributed by atoms with Gasteiger partial charge in [0, 0.05) is 17.5 Å². The number of aliphatic carboxylic acids is 1. The molecule has 0 aliphatic carbocycles.